The van der Waals surface area contributed by atoms with Gasteiger partial charge in [-0.1, -0.05) is 11.6 Å². The van der Waals surface area contributed by atoms with Crippen LogP contribution in [0.3, 0.4) is 0 Å². The minimum absolute atomic E-state index is 0.128. The highest BCUT2D eigenvalue weighted by molar-refractivity contribution is 9.10. The Morgan fingerprint density at radius 2 is 2.25 bits per heavy atom. The number of anilines is 1. The predicted octanol–water partition coefficient (Wildman–Crippen LogP) is 4.17. The van der Waals surface area contributed by atoms with Gasteiger partial charge in [-0.2, -0.15) is 0 Å². The lowest BCUT2D eigenvalue weighted by Crippen LogP contribution is -1.95. The minimum atomic E-state index is -0.417. The molecule has 1 N–H and O–H groups in total. The number of fused-ring (bicyclic) bond motifs is 1. The van der Waals surface area contributed by atoms with Crippen molar-refractivity contribution >= 4 is 44.1 Å². The van der Waals surface area contributed by atoms with Gasteiger partial charge in [-0.3, -0.25) is 0 Å². The van der Waals surface area contributed by atoms with Crippen LogP contribution in [0.4, 0.5) is 10.1 Å². The summed E-state index contributed by atoms with van der Waals surface area (Å²) in [7, 11) is 1.91. The second-order valence-corrected chi connectivity index (χ2v) is 4.76. The summed E-state index contributed by atoms with van der Waals surface area (Å²) in [4.78, 5) is 0. The standard InChI is InChI=1S/C11H11BrClFN2/c1-3-15-7-5-16(2)8-4-6(13)11(14)10(12)9(7)8/h4-5,15H,3H2,1-2H3. The highest BCUT2D eigenvalue weighted by Crippen LogP contribution is 2.37. The van der Waals surface area contributed by atoms with Crippen molar-refractivity contribution in [2.75, 3.05) is 11.9 Å². The van der Waals surface area contributed by atoms with E-state index in [2.05, 4.69) is 21.2 Å². The normalized spacial score (nSPS) is 11.1. The molecule has 0 unspecified atom stereocenters. The molecular weight excluding hydrogens is 294 g/mol. The molecule has 5 heteroatoms. The van der Waals surface area contributed by atoms with E-state index in [1.807, 2.05) is 24.7 Å². The minimum Gasteiger partial charge on any atom is -0.384 e. The van der Waals surface area contributed by atoms with Crippen molar-refractivity contribution in [2.45, 2.75) is 6.92 Å². The molecule has 2 aromatic rings. The molecule has 2 nitrogen and oxygen atoms in total. The number of nitrogens with zero attached hydrogens (tertiary/aromatic N) is 1. The monoisotopic (exact) mass is 304 g/mol. The molecule has 0 aliphatic heterocycles. The van der Waals surface area contributed by atoms with Gasteiger partial charge < -0.3 is 9.88 Å². The van der Waals surface area contributed by atoms with E-state index in [1.165, 1.54) is 0 Å². The van der Waals surface area contributed by atoms with Crippen molar-refractivity contribution in [1.29, 1.82) is 0 Å². The molecule has 0 aliphatic carbocycles. The predicted molar refractivity (Wildman–Crippen MR) is 69.8 cm³/mol. The molecule has 0 saturated heterocycles. The van der Waals surface area contributed by atoms with Gasteiger partial charge in [-0.05, 0) is 28.9 Å². The van der Waals surface area contributed by atoms with E-state index < -0.39 is 5.82 Å². The van der Waals surface area contributed by atoms with Crippen LogP contribution in [0.2, 0.25) is 5.02 Å². The van der Waals surface area contributed by atoms with E-state index in [1.54, 1.807) is 6.07 Å². The molecule has 0 aliphatic rings. The number of nitrogens with one attached hydrogen (secondary N) is 1. The summed E-state index contributed by atoms with van der Waals surface area (Å²) in [5, 5.41) is 4.15. The van der Waals surface area contributed by atoms with Crippen molar-refractivity contribution in [3.8, 4) is 0 Å². The first-order valence-electron chi connectivity index (χ1n) is 4.92. The van der Waals surface area contributed by atoms with Crippen LogP contribution in [0.1, 0.15) is 6.92 Å². The molecule has 0 bridgehead atoms. The fourth-order valence-corrected chi connectivity index (χ4v) is 2.71. The van der Waals surface area contributed by atoms with Crippen LogP contribution < -0.4 is 5.32 Å². The van der Waals surface area contributed by atoms with E-state index in [0.29, 0.717) is 4.47 Å². The Balaban J connectivity index is 2.82. The van der Waals surface area contributed by atoms with Crippen LogP contribution in [-0.2, 0) is 7.05 Å². The first kappa shape index (κ1) is 11.7. The van der Waals surface area contributed by atoms with E-state index >= 15 is 0 Å². The van der Waals surface area contributed by atoms with Crippen LogP contribution in [-0.4, -0.2) is 11.1 Å². The van der Waals surface area contributed by atoms with Gasteiger partial charge in [0, 0.05) is 25.2 Å². The summed E-state index contributed by atoms with van der Waals surface area (Å²) >= 11 is 9.07. The van der Waals surface area contributed by atoms with Crippen LogP contribution in [0.15, 0.2) is 16.7 Å². The van der Waals surface area contributed by atoms with Crippen molar-refractivity contribution in [3.05, 3.63) is 27.6 Å². The maximum Gasteiger partial charge on any atom is 0.156 e. The van der Waals surface area contributed by atoms with Gasteiger partial charge in [0.15, 0.2) is 5.82 Å². The Kier molecular flexibility index (Phi) is 3.13. The number of benzene rings is 1. The molecule has 1 heterocycles. The molecule has 86 valence electrons. The summed E-state index contributed by atoms with van der Waals surface area (Å²) in [5.41, 5.74) is 1.80. The van der Waals surface area contributed by atoms with E-state index in [0.717, 1.165) is 23.1 Å². The highest BCUT2D eigenvalue weighted by Gasteiger charge is 2.15. The number of aromatic nitrogens is 1. The molecule has 1 aromatic heterocycles. The van der Waals surface area contributed by atoms with Gasteiger partial charge in [0.2, 0.25) is 0 Å². The van der Waals surface area contributed by atoms with E-state index in [9.17, 15) is 4.39 Å². The van der Waals surface area contributed by atoms with E-state index in [4.69, 9.17) is 11.6 Å². The SMILES string of the molecule is CCNc1cn(C)c2cc(Cl)c(F)c(Br)c12. The number of aryl methyl sites for hydroxylation is 1. The molecule has 0 radical (unpaired) electrons. The Morgan fingerprint density at radius 3 is 2.88 bits per heavy atom. The summed E-state index contributed by atoms with van der Waals surface area (Å²) in [6, 6.07) is 1.64. The number of hydrogen-bond acceptors (Lipinski definition) is 1. The Bertz CT molecular complexity index is 551. The zero-order chi connectivity index (χ0) is 11.9. The molecule has 0 saturated carbocycles. The maximum atomic E-state index is 13.7. The molecule has 1 aromatic carbocycles. The largest absolute Gasteiger partial charge is 0.384 e. The molecule has 0 spiro atoms. The van der Waals surface area contributed by atoms with Crippen molar-refractivity contribution in [2.24, 2.45) is 7.05 Å². The van der Waals surface area contributed by atoms with Crippen molar-refractivity contribution in [3.63, 3.8) is 0 Å². The van der Waals surface area contributed by atoms with E-state index in [-0.39, 0.29) is 5.02 Å². The molecule has 0 fully saturated rings. The third kappa shape index (κ3) is 1.70. The summed E-state index contributed by atoms with van der Waals surface area (Å²) in [6.45, 7) is 2.79. The smallest absolute Gasteiger partial charge is 0.156 e. The fourth-order valence-electron chi connectivity index (χ4n) is 1.77. The number of halogens is 3. The lowest BCUT2D eigenvalue weighted by molar-refractivity contribution is 0.624. The van der Waals surface area contributed by atoms with Crippen LogP contribution in [0.25, 0.3) is 10.9 Å². The topological polar surface area (TPSA) is 17.0 Å². The fraction of sp³-hybridized carbons (Fsp3) is 0.273. The maximum absolute atomic E-state index is 13.7. The summed E-state index contributed by atoms with van der Waals surface area (Å²) < 4.78 is 16.0. The van der Waals surface area contributed by atoms with Gasteiger partial charge in [0.25, 0.3) is 0 Å². The van der Waals surface area contributed by atoms with Crippen LogP contribution in [0.5, 0.6) is 0 Å². The quantitative estimate of drug-likeness (QED) is 0.824. The first-order chi connectivity index (χ1) is 7.56. The zero-order valence-electron chi connectivity index (χ0n) is 8.94. The van der Waals surface area contributed by atoms with Gasteiger partial charge in [-0.15, -0.1) is 0 Å². The average Bonchev–Trinajstić information content (AvgIpc) is 2.53. The third-order valence-electron chi connectivity index (χ3n) is 2.48. The Hall–Kier alpha value is -0.740. The average molecular weight is 306 g/mol. The third-order valence-corrected chi connectivity index (χ3v) is 3.50. The first-order valence-corrected chi connectivity index (χ1v) is 6.09. The molecule has 16 heavy (non-hydrogen) atoms. The zero-order valence-corrected chi connectivity index (χ0v) is 11.3. The van der Waals surface area contributed by atoms with Crippen molar-refractivity contribution in [1.82, 2.24) is 4.57 Å². The summed E-state index contributed by atoms with van der Waals surface area (Å²) in [5.74, 6) is -0.417. The second kappa shape index (κ2) is 4.26. The second-order valence-electron chi connectivity index (χ2n) is 3.56. The van der Waals surface area contributed by atoms with Gasteiger partial charge >= 0.3 is 0 Å². The number of rotatable bonds is 2. The molecule has 2 rings (SSSR count). The Labute approximate surface area is 107 Å². The lowest BCUT2D eigenvalue weighted by Gasteiger charge is -2.04. The van der Waals surface area contributed by atoms with Gasteiger partial charge in [-0.25, -0.2) is 4.39 Å². The van der Waals surface area contributed by atoms with Crippen LogP contribution in [0, 0.1) is 5.82 Å². The van der Waals surface area contributed by atoms with Crippen molar-refractivity contribution < 1.29 is 4.39 Å². The molecule has 0 amide bonds. The highest BCUT2D eigenvalue weighted by atomic mass is 79.9. The Morgan fingerprint density at radius 1 is 1.56 bits per heavy atom. The molecule has 0 atom stereocenters. The lowest BCUT2D eigenvalue weighted by atomic mass is 10.2. The van der Waals surface area contributed by atoms with Crippen LogP contribution >= 0.6 is 27.5 Å². The molecular formula is C11H11BrClFN2. The number of hydrogen-bond donors (Lipinski definition) is 1. The van der Waals surface area contributed by atoms with Gasteiger partial charge in [0.1, 0.15) is 0 Å². The summed E-state index contributed by atoms with van der Waals surface area (Å²) in [6.07, 6.45) is 1.93. The van der Waals surface area contributed by atoms with Gasteiger partial charge in [0.05, 0.1) is 20.7 Å².